The number of thiazole rings is 1. The van der Waals surface area contributed by atoms with Crippen LogP contribution in [0.2, 0.25) is 5.15 Å². The summed E-state index contributed by atoms with van der Waals surface area (Å²) >= 11 is 7.22. The van der Waals surface area contributed by atoms with Crippen molar-refractivity contribution in [2.45, 2.75) is 6.42 Å². The van der Waals surface area contributed by atoms with E-state index in [-0.39, 0.29) is 0 Å². The first-order valence-electron chi connectivity index (χ1n) is 4.56. The molecular weight excluding hydrogens is 232 g/mol. The Labute approximate surface area is 96.9 Å². The molecule has 0 amide bonds. The van der Waals surface area contributed by atoms with Crippen LogP contribution in [0.5, 0.6) is 0 Å². The third-order valence-corrected chi connectivity index (χ3v) is 3.05. The fourth-order valence-electron chi connectivity index (χ4n) is 1.25. The van der Waals surface area contributed by atoms with Crippen molar-refractivity contribution in [3.05, 3.63) is 28.5 Å². The van der Waals surface area contributed by atoms with Gasteiger partial charge in [-0.15, -0.1) is 11.3 Å². The minimum Gasteiger partial charge on any atom is -0.361 e. The van der Waals surface area contributed by atoms with E-state index in [0.717, 1.165) is 18.1 Å². The van der Waals surface area contributed by atoms with E-state index in [1.807, 2.05) is 24.8 Å². The molecule has 0 aliphatic carbocycles. The summed E-state index contributed by atoms with van der Waals surface area (Å²) in [6.45, 7) is 0.843. The Kier molecular flexibility index (Phi) is 3.23. The summed E-state index contributed by atoms with van der Waals surface area (Å²) in [5.41, 5.74) is 1.22. The lowest BCUT2D eigenvalue weighted by Gasteiger charge is -1.99. The van der Waals surface area contributed by atoms with Gasteiger partial charge in [-0.25, -0.2) is 4.98 Å². The van der Waals surface area contributed by atoms with E-state index in [0.29, 0.717) is 5.15 Å². The zero-order valence-corrected chi connectivity index (χ0v) is 9.85. The van der Waals surface area contributed by atoms with Crippen LogP contribution in [0.1, 0.15) is 5.56 Å². The maximum atomic E-state index is 5.71. The third-order valence-electron chi connectivity index (χ3n) is 1.92. The van der Waals surface area contributed by atoms with Gasteiger partial charge in [0.15, 0.2) is 5.13 Å². The molecule has 0 bridgehead atoms. The van der Waals surface area contributed by atoms with Crippen LogP contribution in [-0.2, 0) is 13.5 Å². The summed E-state index contributed by atoms with van der Waals surface area (Å²) < 4.78 is 1.80. The van der Waals surface area contributed by atoms with E-state index in [2.05, 4.69) is 15.4 Å². The molecule has 0 spiro atoms. The van der Waals surface area contributed by atoms with Crippen LogP contribution in [0.25, 0.3) is 0 Å². The highest BCUT2D eigenvalue weighted by Crippen LogP contribution is 2.18. The number of halogens is 1. The highest BCUT2D eigenvalue weighted by Gasteiger charge is 1.99. The smallest absolute Gasteiger partial charge is 0.184 e. The first-order valence-corrected chi connectivity index (χ1v) is 5.82. The normalized spacial score (nSPS) is 10.5. The predicted molar refractivity (Wildman–Crippen MR) is 62.5 cm³/mol. The average molecular weight is 243 g/mol. The van der Waals surface area contributed by atoms with E-state index in [1.54, 1.807) is 4.68 Å². The maximum Gasteiger partial charge on any atom is 0.184 e. The van der Waals surface area contributed by atoms with Crippen molar-refractivity contribution >= 4 is 28.1 Å². The van der Waals surface area contributed by atoms with E-state index >= 15 is 0 Å². The van der Waals surface area contributed by atoms with Crippen LogP contribution in [0, 0.1) is 0 Å². The summed E-state index contributed by atoms with van der Waals surface area (Å²) in [6, 6.07) is 0. The largest absolute Gasteiger partial charge is 0.361 e. The van der Waals surface area contributed by atoms with E-state index < -0.39 is 0 Å². The molecular formula is C9H11ClN4S. The number of nitrogens with one attached hydrogen (secondary N) is 1. The number of anilines is 1. The minimum absolute atomic E-state index is 0.545. The summed E-state index contributed by atoms with van der Waals surface area (Å²) in [6.07, 6.45) is 4.82. The molecule has 2 heterocycles. The Bertz CT molecular complexity index is 397. The van der Waals surface area contributed by atoms with E-state index in [9.17, 15) is 0 Å². The number of aryl methyl sites for hydroxylation is 1. The molecule has 0 aliphatic rings. The van der Waals surface area contributed by atoms with Crippen LogP contribution >= 0.6 is 22.9 Å². The van der Waals surface area contributed by atoms with Crippen LogP contribution in [0.15, 0.2) is 17.8 Å². The standard InChI is InChI=1S/C9H11ClN4S/c1-14-5-7(4-12-14)2-3-11-9-13-8(10)6-15-9/h4-6H,2-3H2,1H3,(H,11,13). The number of rotatable bonds is 4. The molecule has 0 atom stereocenters. The Morgan fingerprint density at radius 2 is 2.47 bits per heavy atom. The summed E-state index contributed by atoms with van der Waals surface area (Å²) in [5, 5.41) is 10.5. The molecule has 0 aliphatic heterocycles. The van der Waals surface area contributed by atoms with Gasteiger partial charge in [-0.1, -0.05) is 11.6 Å². The zero-order chi connectivity index (χ0) is 10.7. The molecule has 0 unspecified atom stereocenters. The van der Waals surface area contributed by atoms with Crippen LogP contribution in [0.3, 0.4) is 0 Å². The van der Waals surface area contributed by atoms with Gasteiger partial charge in [0.1, 0.15) is 5.15 Å². The Hall–Kier alpha value is -1.07. The number of hydrogen-bond acceptors (Lipinski definition) is 4. The van der Waals surface area contributed by atoms with E-state index in [1.165, 1.54) is 16.9 Å². The number of aromatic nitrogens is 3. The molecule has 0 fully saturated rings. The molecule has 0 saturated carbocycles. The monoisotopic (exact) mass is 242 g/mol. The fourth-order valence-corrected chi connectivity index (χ4v) is 2.12. The first kappa shape index (κ1) is 10.4. The van der Waals surface area contributed by atoms with Gasteiger partial charge in [0.2, 0.25) is 0 Å². The second kappa shape index (κ2) is 4.63. The van der Waals surface area contributed by atoms with Gasteiger partial charge < -0.3 is 5.32 Å². The summed E-state index contributed by atoms with van der Waals surface area (Å²) in [4.78, 5) is 4.10. The highest BCUT2D eigenvalue weighted by molar-refractivity contribution is 7.14. The molecule has 0 aromatic carbocycles. The quantitative estimate of drug-likeness (QED) is 0.894. The summed E-state index contributed by atoms with van der Waals surface area (Å²) in [7, 11) is 1.91. The van der Waals surface area contributed by atoms with Crippen molar-refractivity contribution in [1.82, 2.24) is 14.8 Å². The van der Waals surface area contributed by atoms with Crippen molar-refractivity contribution in [3.8, 4) is 0 Å². The molecule has 4 nitrogen and oxygen atoms in total. The lowest BCUT2D eigenvalue weighted by molar-refractivity contribution is 0.767. The van der Waals surface area contributed by atoms with Crippen molar-refractivity contribution in [2.24, 2.45) is 7.05 Å². The van der Waals surface area contributed by atoms with Gasteiger partial charge in [0.05, 0.1) is 6.20 Å². The Morgan fingerprint density at radius 1 is 1.60 bits per heavy atom. The molecule has 1 N–H and O–H groups in total. The van der Waals surface area contributed by atoms with Gasteiger partial charge in [0, 0.05) is 25.2 Å². The van der Waals surface area contributed by atoms with Gasteiger partial charge in [-0.05, 0) is 12.0 Å². The molecule has 2 rings (SSSR count). The van der Waals surface area contributed by atoms with Gasteiger partial charge in [0.25, 0.3) is 0 Å². The Balaban J connectivity index is 1.80. The number of nitrogens with zero attached hydrogens (tertiary/aromatic N) is 3. The van der Waals surface area contributed by atoms with Crippen LogP contribution in [0.4, 0.5) is 5.13 Å². The molecule has 2 aromatic rings. The molecule has 2 aromatic heterocycles. The zero-order valence-electron chi connectivity index (χ0n) is 8.27. The SMILES string of the molecule is Cn1cc(CCNc2nc(Cl)cs2)cn1. The van der Waals surface area contributed by atoms with Crippen molar-refractivity contribution in [1.29, 1.82) is 0 Å². The third kappa shape index (κ3) is 2.94. The van der Waals surface area contributed by atoms with Gasteiger partial charge in [-0.2, -0.15) is 5.10 Å². The highest BCUT2D eigenvalue weighted by atomic mass is 35.5. The molecule has 15 heavy (non-hydrogen) atoms. The minimum atomic E-state index is 0.545. The first-order chi connectivity index (χ1) is 7.24. The van der Waals surface area contributed by atoms with Gasteiger partial charge >= 0.3 is 0 Å². The lowest BCUT2D eigenvalue weighted by Crippen LogP contribution is -2.03. The maximum absolute atomic E-state index is 5.71. The van der Waals surface area contributed by atoms with Crippen molar-refractivity contribution in [2.75, 3.05) is 11.9 Å². The topological polar surface area (TPSA) is 42.7 Å². The molecule has 0 radical (unpaired) electrons. The van der Waals surface area contributed by atoms with Crippen LogP contribution < -0.4 is 5.32 Å². The second-order valence-electron chi connectivity index (χ2n) is 3.17. The lowest BCUT2D eigenvalue weighted by atomic mass is 10.2. The predicted octanol–water partition coefficient (Wildman–Crippen LogP) is 2.18. The molecule has 0 saturated heterocycles. The number of hydrogen-bond donors (Lipinski definition) is 1. The molecule has 6 heteroatoms. The van der Waals surface area contributed by atoms with Crippen LogP contribution in [-0.4, -0.2) is 21.3 Å². The average Bonchev–Trinajstić information content (AvgIpc) is 2.76. The summed E-state index contributed by atoms with van der Waals surface area (Å²) in [5.74, 6) is 0. The van der Waals surface area contributed by atoms with Crippen molar-refractivity contribution < 1.29 is 0 Å². The Morgan fingerprint density at radius 3 is 3.07 bits per heavy atom. The van der Waals surface area contributed by atoms with Gasteiger partial charge in [-0.3, -0.25) is 4.68 Å². The van der Waals surface area contributed by atoms with E-state index in [4.69, 9.17) is 11.6 Å². The molecule has 80 valence electrons. The van der Waals surface area contributed by atoms with Crippen molar-refractivity contribution in [3.63, 3.8) is 0 Å². The second-order valence-corrected chi connectivity index (χ2v) is 4.42. The fraction of sp³-hybridized carbons (Fsp3) is 0.333.